The Kier molecular flexibility index (Phi) is 2.74. The summed E-state index contributed by atoms with van der Waals surface area (Å²) in [5, 5.41) is 17.5. The largest absolute Gasteiger partial charge is 0.504 e. The molecule has 0 heterocycles. The number of benzene rings is 1. The zero-order chi connectivity index (χ0) is 11.7. The maximum atomic E-state index is 12.9. The Morgan fingerprint density at radius 2 is 1.73 bits per heavy atom. The molecule has 0 aliphatic carbocycles. The van der Waals surface area contributed by atoms with Gasteiger partial charge in [0.2, 0.25) is 11.6 Å². The zero-order valence-corrected chi connectivity index (χ0v) is 7.34. The third kappa shape index (κ3) is 1.56. The van der Waals surface area contributed by atoms with Crippen molar-refractivity contribution in [2.24, 2.45) is 0 Å². The summed E-state index contributed by atoms with van der Waals surface area (Å²) in [6.45, 7) is 0. The molecule has 0 aromatic heterocycles. The van der Waals surface area contributed by atoms with Crippen LogP contribution in [0.5, 0.6) is 11.5 Å². The summed E-state index contributed by atoms with van der Waals surface area (Å²) in [4.78, 5) is 10.4. The van der Waals surface area contributed by atoms with Crippen molar-refractivity contribution in [1.82, 2.24) is 0 Å². The number of rotatable bonds is 2. The highest BCUT2D eigenvalue weighted by Gasteiger charge is 2.29. The average molecular weight is 222 g/mol. The van der Waals surface area contributed by atoms with E-state index in [-0.39, 0.29) is 0 Å². The smallest absolute Gasteiger partial charge is 0.342 e. The van der Waals surface area contributed by atoms with Gasteiger partial charge in [0.1, 0.15) is 5.56 Å². The van der Waals surface area contributed by atoms with Crippen molar-refractivity contribution >= 4 is 5.97 Å². The second-order valence-corrected chi connectivity index (χ2v) is 2.50. The van der Waals surface area contributed by atoms with E-state index in [2.05, 4.69) is 4.74 Å². The first-order valence-electron chi connectivity index (χ1n) is 3.58. The Morgan fingerprint density at radius 1 is 1.20 bits per heavy atom. The second-order valence-electron chi connectivity index (χ2n) is 2.50. The number of methoxy groups -OCH3 is 1. The fourth-order valence-corrected chi connectivity index (χ4v) is 1.01. The summed E-state index contributed by atoms with van der Waals surface area (Å²) < 4.78 is 42.7. The third-order valence-electron chi connectivity index (χ3n) is 1.67. The highest BCUT2D eigenvalue weighted by Crippen LogP contribution is 2.36. The molecule has 0 aliphatic rings. The molecule has 0 spiro atoms. The molecular weight excluding hydrogens is 217 g/mol. The van der Waals surface area contributed by atoms with Crippen LogP contribution in [0.15, 0.2) is 0 Å². The first kappa shape index (κ1) is 11.2. The summed E-state index contributed by atoms with van der Waals surface area (Å²) in [5.74, 6) is -10.0. The average Bonchev–Trinajstić information content (AvgIpc) is 2.15. The molecule has 0 amide bonds. The molecule has 0 unspecified atom stereocenters. The highest BCUT2D eigenvalue weighted by molar-refractivity contribution is 5.92. The van der Waals surface area contributed by atoms with E-state index in [0.717, 1.165) is 7.11 Å². The lowest BCUT2D eigenvalue weighted by atomic mass is 10.1. The Bertz CT molecular complexity index is 431. The minimum atomic E-state index is -2.01. The van der Waals surface area contributed by atoms with Crippen molar-refractivity contribution < 1.29 is 32.9 Å². The number of ether oxygens (including phenoxy) is 1. The van der Waals surface area contributed by atoms with Crippen molar-refractivity contribution in [3.8, 4) is 11.5 Å². The van der Waals surface area contributed by atoms with Gasteiger partial charge in [-0.15, -0.1) is 0 Å². The first-order chi connectivity index (χ1) is 6.91. The molecule has 1 rings (SSSR count). The summed E-state index contributed by atoms with van der Waals surface area (Å²) in [6.07, 6.45) is 0. The summed E-state index contributed by atoms with van der Waals surface area (Å²) >= 11 is 0. The lowest BCUT2D eigenvalue weighted by molar-refractivity contribution is 0.0685. The maximum Gasteiger partial charge on any atom is 0.342 e. The molecule has 1 aromatic rings. The Morgan fingerprint density at radius 3 is 2.13 bits per heavy atom. The van der Waals surface area contributed by atoms with E-state index in [1.54, 1.807) is 0 Å². The van der Waals surface area contributed by atoms with Gasteiger partial charge in [-0.2, -0.15) is 4.39 Å². The number of carbonyl (C=O) groups is 1. The van der Waals surface area contributed by atoms with E-state index in [0.29, 0.717) is 0 Å². The molecule has 2 N–H and O–H groups in total. The second kappa shape index (κ2) is 3.68. The van der Waals surface area contributed by atoms with Gasteiger partial charge in [0.15, 0.2) is 17.4 Å². The Hall–Kier alpha value is -1.92. The number of hydrogen-bond acceptors (Lipinski definition) is 3. The SMILES string of the molecule is COc1c(O)c(C(=O)O)c(F)c(F)c1F. The van der Waals surface area contributed by atoms with E-state index in [4.69, 9.17) is 10.2 Å². The fraction of sp³-hybridized carbons (Fsp3) is 0.125. The number of halogens is 3. The molecule has 7 heteroatoms. The fourth-order valence-electron chi connectivity index (χ4n) is 1.01. The standard InChI is InChI=1S/C8H5F3O4/c1-15-7-5(11)4(10)3(9)2(6(7)12)8(13)14/h12H,1H3,(H,13,14). The molecule has 1 aromatic carbocycles. The van der Waals surface area contributed by atoms with Crippen molar-refractivity contribution in [2.75, 3.05) is 7.11 Å². The van der Waals surface area contributed by atoms with Crippen LogP contribution in [-0.4, -0.2) is 23.3 Å². The van der Waals surface area contributed by atoms with E-state index in [9.17, 15) is 18.0 Å². The topological polar surface area (TPSA) is 66.8 Å². The van der Waals surface area contributed by atoms with Gasteiger partial charge < -0.3 is 14.9 Å². The lowest BCUT2D eigenvalue weighted by Crippen LogP contribution is -2.07. The molecule has 0 atom stereocenters. The van der Waals surface area contributed by atoms with Crippen LogP contribution in [0.25, 0.3) is 0 Å². The number of carboxylic acids is 1. The summed E-state index contributed by atoms with van der Waals surface area (Å²) in [5.41, 5.74) is -1.37. The normalized spacial score (nSPS) is 10.1. The van der Waals surface area contributed by atoms with Gasteiger partial charge in [0, 0.05) is 0 Å². The predicted octanol–water partition coefficient (Wildman–Crippen LogP) is 1.52. The van der Waals surface area contributed by atoms with Gasteiger partial charge in [0.05, 0.1) is 7.11 Å². The molecule has 0 bridgehead atoms. The molecule has 15 heavy (non-hydrogen) atoms. The van der Waals surface area contributed by atoms with Crippen molar-refractivity contribution in [2.45, 2.75) is 0 Å². The third-order valence-corrected chi connectivity index (χ3v) is 1.67. The van der Waals surface area contributed by atoms with Gasteiger partial charge in [-0.3, -0.25) is 0 Å². The first-order valence-corrected chi connectivity index (χ1v) is 3.58. The van der Waals surface area contributed by atoms with Crippen LogP contribution in [-0.2, 0) is 0 Å². The van der Waals surface area contributed by atoms with Crippen LogP contribution < -0.4 is 4.74 Å². The number of carboxylic acid groups (broad SMARTS) is 1. The highest BCUT2D eigenvalue weighted by atomic mass is 19.2. The van der Waals surface area contributed by atoms with Crippen LogP contribution in [0.1, 0.15) is 10.4 Å². The van der Waals surface area contributed by atoms with Crippen LogP contribution in [0.3, 0.4) is 0 Å². The monoisotopic (exact) mass is 222 g/mol. The number of aromatic hydroxyl groups is 1. The molecule has 82 valence electrons. The molecular formula is C8H5F3O4. The van der Waals surface area contributed by atoms with Gasteiger partial charge in [0.25, 0.3) is 0 Å². The van der Waals surface area contributed by atoms with E-state index in [1.807, 2.05) is 0 Å². The maximum absolute atomic E-state index is 12.9. The van der Waals surface area contributed by atoms with Crippen molar-refractivity contribution in [3.63, 3.8) is 0 Å². The molecule has 0 saturated heterocycles. The number of phenols is 1. The molecule has 0 saturated carbocycles. The Labute approximate surface area is 81.5 Å². The summed E-state index contributed by atoms with van der Waals surface area (Å²) in [7, 11) is 0.876. The van der Waals surface area contributed by atoms with Crippen LogP contribution in [0.4, 0.5) is 13.2 Å². The van der Waals surface area contributed by atoms with Gasteiger partial charge in [-0.05, 0) is 0 Å². The van der Waals surface area contributed by atoms with E-state index in [1.165, 1.54) is 0 Å². The van der Waals surface area contributed by atoms with Crippen molar-refractivity contribution in [3.05, 3.63) is 23.0 Å². The Balaban J connectivity index is 3.68. The van der Waals surface area contributed by atoms with Gasteiger partial charge in [-0.1, -0.05) is 0 Å². The molecule has 0 fully saturated rings. The number of aromatic carboxylic acids is 1. The quantitative estimate of drug-likeness (QED) is 0.744. The van der Waals surface area contributed by atoms with Crippen LogP contribution >= 0.6 is 0 Å². The van der Waals surface area contributed by atoms with Crippen LogP contribution in [0.2, 0.25) is 0 Å². The molecule has 4 nitrogen and oxygen atoms in total. The molecule has 0 radical (unpaired) electrons. The van der Waals surface area contributed by atoms with Gasteiger partial charge in [-0.25, -0.2) is 13.6 Å². The molecule has 0 aliphatic heterocycles. The summed E-state index contributed by atoms with van der Waals surface area (Å²) in [6, 6.07) is 0. The predicted molar refractivity (Wildman–Crippen MR) is 41.5 cm³/mol. The minimum Gasteiger partial charge on any atom is -0.504 e. The van der Waals surface area contributed by atoms with E-state index >= 15 is 0 Å². The minimum absolute atomic E-state index is 0.876. The lowest BCUT2D eigenvalue weighted by Gasteiger charge is -2.09. The van der Waals surface area contributed by atoms with Crippen molar-refractivity contribution in [1.29, 1.82) is 0 Å². The van der Waals surface area contributed by atoms with Gasteiger partial charge >= 0.3 is 5.97 Å². The van der Waals surface area contributed by atoms with Crippen LogP contribution in [0, 0.1) is 17.5 Å². The number of hydrogen-bond donors (Lipinski definition) is 2. The zero-order valence-electron chi connectivity index (χ0n) is 7.34. The van der Waals surface area contributed by atoms with E-state index < -0.39 is 40.5 Å².